The summed E-state index contributed by atoms with van der Waals surface area (Å²) in [6.45, 7) is 0. The van der Waals surface area contributed by atoms with Crippen LogP contribution in [0.1, 0.15) is 0 Å². The fourth-order valence-corrected chi connectivity index (χ4v) is 10.2. The van der Waals surface area contributed by atoms with E-state index < -0.39 is 0 Å². The first-order chi connectivity index (χ1) is 33.2. The van der Waals surface area contributed by atoms with Crippen LogP contribution in [0.25, 0.3) is 99.1 Å². The van der Waals surface area contributed by atoms with Gasteiger partial charge in [-0.15, -0.1) is 0 Å². The lowest BCUT2D eigenvalue weighted by atomic mass is 9.98. The van der Waals surface area contributed by atoms with E-state index in [0.717, 1.165) is 22.7 Å². The van der Waals surface area contributed by atoms with E-state index in [1.165, 1.54) is 93.5 Å². The van der Waals surface area contributed by atoms with E-state index in [4.69, 9.17) is 0 Å². The summed E-state index contributed by atoms with van der Waals surface area (Å²) >= 11 is 0. The van der Waals surface area contributed by atoms with Crippen molar-refractivity contribution >= 4 is 71.4 Å². The average molecular weight is 854 g/mol. The molecule has 0 aliphatic heterocycles. The molecule has 0 aliphatic rings. The molecule has 3 nitrogen and oxygen atoms in total. The third-order valence-corrected chi connectivity index (χ3v) is 13.5. The average Bonchev–Trinajstić information content (AvgIpc) is 3.91. The predicted molar refractivity (Wildman–Crippen MR) is 284 cm³/mol. The molecule has 314 valence electrons. The van der Waals surface area contributed by atoms with Gasteiger partial charge in [0.2, 0.25) is 0 Å². The second-order valence-electron chi connectivity index (χ2n) is 17.4. The van der Waals surface area contributed by atoms with E-state index in [1.807, 2.05) is 0 Å². The summed E-state index contributed by atoms with van der Waals surface area (Å²) in [5, 5.41) is 7.43. The lowest BCUT2D eigenvalue weighted by molar-refractivity contribution is 1.18. The standard InChI is InChI=1S/C64H43N3/c1-4-16-52(17-5-1)65(56-36-30-44-14-10-11-15-48(44)40-56)55-34-28-46(29-35-55)45-24-26-47(27-25-45)49-31-37-63-59(41-49)60-43-51(33-39-64(60)67(63)54-20-8-3-9-21-54)50-32-38-62-58(42-50)57-22-12-13-23-61(57)66(62)53-18-6-2-7-19-53/h1-43H. The maximum Gasteiger partial charge on any atom is 0.0541 e. The van der Waals surface area contributed by atoms with Crippen LogP contribution in [0.2, 0.25) is 0 Å². The van der Waals surface area contributed by atoms with Crippen molar-refractivity contribution in [1.82, 2.24) is 9.13 Å². The smallest absolute Gasteiger partial charge is 0.0541 e. The Balaban J connectivity index is 0.864. The van der Waals surface area contributed by atoms with Gasteiger partial charge in [0.25, 0.3) is 0 Å². The number of nitrogens with zero attached hydrogens (tertiary/aromatic N) is 3. The molecule has 0 unspecified atom stereocenters. The summed E-state index contributed by atoms with van der Waals surface area (Å²) in [6.07, 6.45) is 0. The lowest BCUT2D eigenvalue weighted by Gasteiger charge is -2.26. The largest absolute Gasteiger partial charge is 0.310 e. The third-order valence-electron chi connectivity index (χ3n) is 13.5. The van der Waals surface area contributed by atoms with Gasteiger partial charge in [0.1, 0.15) is 0 Å². The van der Waals surface area contributed by atoms with Crippen LogP contribution in [-0.2, 0) is 0 Å². The van der Waals surface area contributed by atoms with E-state index in [1.54, 1.807) is 0 Å². The molecule has 2 aromatic heterocycles. The van der Waals surface area contributed by atoms with Crippen molar-refractivity contribution < 1.29 is 0 Å². The first kappa shape index (κ1) is 38.5. The molecule has 0 fully saturated rings. The van der Waals surface area contributed by atoms with Crippen molar-refractivity contribution in [2.75, 3.05) is 4.90 Å². The normalized spacial score (nSPS) is 11.6. The van der Waals surface area contributed by atoms with Crippen LogP contribution < -0.4 is 4.90 Å². The quantitative estimate of drug-likeness (QED) is 0.148. The lowest BCUT2D eigenvalue weighted by Crippen LogP contribution is -2.09. The van der Waals surface area contributed by atoms with Crippen LogP contribution in [0.15, 0.2) is 261 Å². The van der Waals surface area contributed by atoms with Crippen molar-refractivity contribution in [3.63, 3.8) is 0 Å². The van der Waals surface area contributed by atoms with Crippen LogP contribution in [-0.4, -0.2) is 9.13 Å². The number of fused-ring (bicyclic) bond motifs is 7. The van der Waals surface area contributed by atoms with E-state index in [9.17, 15) is 0 Å². The van der Waals surface area contributed by atoms with Crippen LogP contribution >= 0.6 is 0 Å². The predicted octanol–water partition coefficient (Wildman–Crippen LogP) is 17.5. The SMILES string of the molecule is c1ccc(N(c2ccc(-c3ccc(-c4ccc5c(c4)c4cc(-c6ccc7c(c6)c6ccccc6n7-c6ccccc6)ccc4n5-c4ccccc4)cc3)cc2)c2ccc3ccccc3c2)cc1. The van der Waals surface area contributed by atoms with Gasteiger partial charge in [0.15, 0.2) is 0 Å². The first-order valence-corrected chi connectivity index (χ1v) is 23.0. The number of hydrogen-bond donors (Lipinski definition) is 0. The number of anilines is 3. The van der Waals surface area contributed by atoms with Gasteiger partial charge in [-0.2, -0.15) is 0 Å². The third kappa shape index (κ3) is 6.67. The Bertz CT molecular complexity index is 3940. The second-order valence-corrected chi connectivity index (χ2v) is 17.4. The summed E-state index contributed by atoms with van der Waals surface area (Å²) in [5.74, 6) is 0. The van der Waals surface area contributed by atoms with Crippen LogP contribution in [0, 0.1) is 0 Å². The van der Waals surface area contributed by atoms with Crippen LogP contribution in [0.3, 0.4) is 0 Å². The van der Waals surface area contributed by atoms with Crippen LogP contribution in [0.5, 0.6) is 0 Å². The molecule has 0 bridgehead atoms. The van der Waals surface area contributed by atoms with Gasteiger partial charge in [-0.25, -0.2) is 0 Å². The zero-order chi connectivity index (χ0) is 44.3. The first-order valence-electron chi connectivity index (χ1n) is 23.0. The Morgan fingerprint density at radius 3 is 1.16 bits per heavy atom. The molecule has 0 aliphatic carbocycles. The van der Waals surface area contributed by atoms with Gasteiger partial charge in [0, 0.05) is 50.0 Å². The summed E-state index contributed by atoms with van der Waals surface area (Å²) < 4.78 is 4.78. The topological polar surface area (TPSA) is 13.1 Å². The zero-order valence-corrected chi connectivity index (χ0v) is 36.7. The molecule has 0 amide bonds. The minimum absolute atomic E-state index is 1.11. The molecule has 67 heavy (non-hydrogen) atoms. The molecule has 13 rings (SSSR count). The number of rotatable bonds is 8. The van der Waals surface area contributed by atoms with Gasteiger partial charge in [-0.05, 0) is 147 Å². The highest BCUT2D eigenvalue weighted by Crippen LogP contribution is 2.41. The Hall–Kier alpha value is -8.92. The van der Waals surface area contributed by atoms with Gasteiger partial charge < -0.3 is 14.0 Å². The summed E-state index contributed by atoms with van der Waals surface area (Å²) in [5.41, 5.74) is 17.6. The minimum Gasteiger partial charge on any atom is -0.310 e. The molecule has 0 N–H and O–H groups in total. The fraction of sp³-hybridized carbons (Fsp3) is 0. The Labute approximate surface area is 389 Å². The molecule has 0 spiro atoms. The Morgan fingerprint density at radius 2 is 0.597 bits per heavy atom. The fourth-order valence-electron chi connectivity index (χ4n) is 10.2. The Morgan fingerprint density at radius 1 is 0.224 bits per heavy atom. The van der Waals surface area contributed by atoms with E-state index in [0.29, 0.717) is 0 Å². The van der Waals surface area contributed by atoms with Crippen molar-refractivity contribution in [1.29, 1.82) is 0 Å². The maximum absolute atomic E-state index is 2.40. The van der Waals surface area contributed by atoms with Gasteiger partial charge >= 0.3 is 0 Å². The molecule has 13 aromatic rings. The van der Waals surface area contributed by atoms with Gasteiger partial charge in [-0.1, -0.05) is 158 Å². The summed E-state index contributed by atoms with van der Waals surface area (Å²) in [7, 11) is 0. The molecule has 11 aromatic carbocycles. The highest BCUT2D eigenvalue weighted by molar-refractivity contribution is 6.13. The highest BCUT2D eigenvalue weighted by atomic mass is 15.1. The van der Waals surface area contributed by atoms with Crippen molar-refractivity contribution in [3.8, 4) is 44.8 Å². The highest BCUT2D eigenvalue weighted by Gasteiger charge is 2.18. The van der Waals surface area contributed by atoms with E-state index in [2.05, 4.69) is 275 Å². The zero-order valence-electron chi connectivity index (χ0n) is 36.7. The van der Waals surface area contributed by atoms with Crippen molar-refractivity contribution in [2.24, 2.45) is 0 Å². The van der Waals surface area contributed by atoms with Gasteiger partial charge in [0.05, 0.1) is 22.1 Å². The van der Waals surface area contributed by atoms with Crippen molar-refractivity contribution in [2.45, 2.75) is 0 Å². The molecular formula is C64H43N3. The number of hydrogen-bond acceptors (Lipinski definition) is 1. The Kier molecular flexibility index (Phi) is 9.17. The molecule has 0 atom stereocenters. The van der Waals surface area contributed by atoms with Gasteiger partial charge in [-0.3, -0.25) is 0 Å². The molecule has 2 heterocycles. The molecule has 0 saturated heterocycles. The molecule has 0 saturated carbocycles. The number of para-hydroxylation sites is 4. The minimum atomic E-state index is 1.11. The number of benzene rings is 11. The second kappa shape index (κ2) is 16.0. The van der Waals surface area contributed by atoms with E-state index in [-0.39, 0.29) is 0 Å². The maximum atomic E-state index is 2.40. The van der Waals surface area contributed by atoms with Crippen molar-refractivity contribution in [3.05, 3.63) is 261 Å². The molecule has 3 heteroatoms. The monoisotopic (exact) mass is 853 g/mol. The molecular weight excluding hydrogens is 811 g/mol. The van der Waals surface area contributed by atoms with Crippen LogP contribution in [0.4, 0.5) is 17.1 Å². The molecule has 0 radical (unpaired) electrons. The summed E-state index contributed by atoms with van der Waals surface area (Å²) in [6, 6.07) is 94.8. The summed E-state index contributed by atoms with van der Waals surface area (Å²) in [4.78, 5) is 2.33. The number of aromatic nitrogens is 2. The van der Waals surface area contributed by atoms with E-state index >= 15 is 0 Å².